The van der Waals surface area contributed by atoms with Crippen molar-refractivity contribution in [2.45, 2.75) is 12.8 Å². The summed E-state index contributed by atoms with van der Waals surface area (Å²) in [6.07, 6.45) is 1.84. The van der Waals surface area contributed by atoms with Gasteiger partial charge in [-0.3, -0.25) is 4.79 Å². The molecule has 0 unspecified atom stereocenters. The van der Waals surface area contributed by atoms with E-state index in [4.69, 9.17) is 5.11 Å². The predicted octanol–water partition coefficient (Wildman–Crippen LogP) is 2.06. The first-order valence-corrected chi connectivity index (χ1v) is 6.33. The van der Waals surface area contributed by atoms with Crippen LogP contribution in [0.2, 0.25) is 0 Å². The standard InChI is InChI=1S/C15H14N2O4/c18-12-6-2-1-4-10(12)7-8-13(19)17-11-5-3-9-16-14(11)15(20)21/h1-6,9,18H,7-8H2,(H,17,19)(H,20,21). The maximum atomic E-state index is 11.9. The minimum Gasteiger partial charge on any atom is -0.508 e. The maximum Gasteiger partial charge on any atom is 0.356 e. The number of phenolic OH excluding ortho intramolecular Hbond substituents is 1. The Hall–Kier alpha value is -2.89. The van der Waals surface area contributed by atoms with E-state index in [0.717, 1.165) is 0 Å². The van der Waals surface area contributed by atoms with Gasteiger partial charge in [-0.1, -0.05) is 18.2 Å². The van der Waals surface area contributed by atoms with E-state index >= 15 is 0 Å². The van der Waals surface area contributed by atoms with Crippen molar-refractivity contribution >= 4 is 17.6 Å². The van der Waals surface area contributed by atoms with Gasteiger partial charge in [0, 0.05) is 12.6 Å². The molecule has 1 aromatic carbocycles. The second kappa shape index (κ2) is 6.51. The minimum atomic E-state index is -1.20. The molecule has 0 spiro atoms. The zero-order valence-electron chi connectivity index (χ0n) is 11.1. The third kappa shape index (κ3) is 3.79. The number of benzene rings is 1. The number of aromatic nitrogens is 1. The molecule has 0 saturated heterocycles. The van der Waals surface area contributed by atoms with Crippen LogP contribution in [-0.2, 0) is 11.2 Å². The first-order chi connectivity index (χ1) is 10.1. The van der Waals surface area contributed by atoms with Crippen molar-refractivity contribution in [3.63, 3.8) is 0 Å². The number of aromatic hydroxyl groups is 1. The van der Waals surface area contributed by atoms with E-state index in [9.17, 15) is 14.7 Å². The van der Waals surface area contributed by atoms with Gasteiger partial charge in [0.2, 0.25) is 5.91 Å². The molecule has 0 bridgehead atoms. The van der Waals surface area contributed by atoms with Crippen LogP contribution in [0.25, 0.3) is 0 Å². The molecule has 0 aliphatic carbocycles. The van der Waals surface area contributed by atoms with Crippen molar-refractivity contribution in [2.75, 3.05) is 5.32 Å². The van der Waals surface area contributed by atoms with Crippen molar-refractivity contribution < 1.29 is 19.8 Å². The smallest absolute Gasteiger partial charge is 0.356 e. The topological polar surface area (TPSA) is 99.5 Å². The molecule has 21 heavy (non-hydrogen) atoms. The van der Waals surface area contributed by atoms with Crippen LogP contribution in [-0.4, -0.2) is 27.1 Å². The lowest BCUT2D eigenvalue weighted by molar-refractivity contribution is -0.116. The molecule has 3 N–H and O–H groups in total. The second-order valence-corrected chi connectivity index (χ2v) is 4.38. The largest absolute Gasteiger partial charge is 0.508 e. The van der Waals surface area contributed by atoms with Crippen molar-refractivity contribution in [2.24, 2.45) is 0 Å². The first kappa shape index (κ1) is 14.5. The second-order valence-electron chi connectivity index (χ2n) is 4.38. The maximum absolute atomic E-state index is 11.9. The number of carboxylic acid groups (broad SMARTS) is 1. The fourth-order valence-corrected chi connectivity index (χ4v) is 1.86. The molecule has 1 heterocycles. The highest BCUT2D eigenvalue weighted by atomic mass is 16.4. The average molecular weight is 286 g/mol. The Balaban J connectivity index is 2.00. The number of hydrogen-bond donors (Lipinski definition) is 3. The molecule has 0 atom stereocenters. The first-order valence-electron chi connectivity index (χ1n) is 6.33. The number of nitrogens with one attached hydrogen (secondary N) is 1. The molecule has 108 valence electrons. The summed E-state index contributed by atoms with van der Waals surface area (Å²) in [5.74, 6) is -1.40. The molecule has 1 aromatic heterocycles. The molecule has 2 aromatic rings. The summed E-state index contributed by atoms with van der Waals surface area (Å²) in [5.41, 5.74) is 0.623. The summed E-state index contributed by atoms with van der Waals surface area (Å²) in [5, 5.41) is 21.1. The molecular formula is C15H14N2O4. The van der Waals surface area contributed by atoms with E-state index in [1.54, 1.807) is 30.3 Å². The van der Waals surface area contributed by atoms with Crippen LogP contribution in [0.4, 0.5) is 5.69 Å². The normalized spacial score (nSPS) is 10.1. The molecule has 0 aliphatic rings. The number of carbonyl (C=O) groups excluding carboxylic acids is 1. The van der Waals surface area contributed by atoms with E-state index in [2.05, 4.69) is 10.3 Å². The van der Waals surface area contributed by atoms with Gasteiger partial charge >= 0.3 is 5.97 Å². The molecule has 6 nitrogen and oxygen atoms in total. The number of para-hydroxylation sites is 1. The van der Waals surface area contributed by atoms with E-state index < -0.39 is 5.97 Å². The lowest BCUT2D eigenvalue weighted by Gasteiger charge is -2.08. The lowest BCUT2D eigenvalue weighted by Crippen LogP contribution is -2.16. The van der Waals surface area contributed by atoms with Crippen LogP contribution in [0.1, 0.15) is 22.5 Å². The van der Waals surface area contributed by atoms with Gasteiger partial charge in [0.15, 0.2) is 5.69 Å². The molecule has 0 aliphatic heterocycles. The van der Waals surface area contributed by atoms with Crippen LogP contribution < -0.4 is 5.32 Å². The number of anilines is 1. The lowest BCUT2D eigenvalue weighted by atomic mass is 10.1. The molecule has 1 amide bonds. The summed E-state index contributed by atoms with van der Waals surface area (Å²) in [6.45, 7) is 0. The van der Waals surface area contributed by atoms with Crippen molar-refractivity contribution in [1.82, 2.24) is 4.98 Å². The Kier molecular flexibility index (Phi) is 4.50. The van der Waals surface area contributed by atoms with E-state index in [1.807, 2.05) is 0 Å². The molecule has 0 saturated carbocycles. The van der Waals surface area contributed by atoms with Crippen LogP contribution in [0, 0.1) is 0 Å². The third-order valence-corrected chi connectivity index (χ3v) is 2.90. The van der Waals surface area contributed by atoms with E-state index in [-0.39, 0.29) is 29.5 Å². The average Bonchev–Trinajstić information content (AvgIpc) is 2.47. The van der Waals surface area contributed by atoms with Gasteiger partial charge in [0.1, 0.15) is 5.75 Å². The van der Waals surface area contributed by atoms with Gasteiger partial charge in [0.05, 0.1) is 5.69 Å². The number of carboxylic acids is 1. The monoisotopic (exact) mass is 286 g/mol. The fraction of sp³-hybridized carbons (Fsp3) is 0.133. The summed E-state index contributed by atoms with van der Waals surface area (Å²) in [4.78, 5) is 26.5. The van der Waals surface area contributed by atoms with Gasteiger partial charge in [0.25, 0.3) is 0 Å². The third-order valence-electron chi connectivity index (χ3n) is 2.90. The van der Waals surface area contributed by atoms with Crippen molar-refractivity contribution in [3.8, 4) is 5.75 Å². The number of amides is 1. The summed E-state index contributed by atoms with van der Waals surface area (Å²) < 4.78 is 0. The predicted molar refractivity (Wildman–Crippen MR) is 76.3 cm³/mol. The quantitative estimate of drug-likeness (QED) is 0.781. The summed E-state index contributed by atoms with van der Waals surface area (Å²) >= 11 is 0. The molecular weight excluding hydrogens is 272 g/mol. The van der Waals surface area contributed by atoms with Crippen LogP contribution >= 0.6 is 0 Å². The molecule has 2 rings (SSSR count). The Morgan fingerprint density at radius 3 is 2.62 bits per heavy atom. The van der Waals surface area contributed by atoms with Crippen LogP contribution in [0.5, 0.6) is 5.75 Å². The van der Waals surface area contributed by atoms with Gasteiger partial charge in [-0.05, 0) is 30.2 Å². The van der Waals surface area contributed by atoms with E-state index in [1.165, 1.54) is 12.3 Å². The minimum absolute atomic E-state index is 0.130. The number of pyridine rings is 1. The SMILES string of the molecule is O=C(CCc1ccccc1O)Nc1cccnc1C(=O)O. The number of aryl methyl sites for hydroxylation is 1. The summed E-state index contributed by atoms with van der Waals surface area (Å²) in [7, 11) is 0. The highest BCUT2D eigenvalue weighted by molar-refractivity contribution is 5.99. The fourth-order valence-electron chi connectivity index (χ4n) is 1.86. The Morgan fingerprint density at radius 2 is 1.90 bits per heavy atom. The number of hydrogen-bond acceptors (Lipinski definition) is 4. The van der Waals surface area contributed by atoms with Gasteiger partial charge in [-0.15, -0.1) is 0 Å². The Labute approximate surface area is 121 Å². The zero-order valence-corrected chi connectivity index (χ0v) is 11.1. The van der Waals surface area contributed by atoms with Crippen LogP contribution in [0.3, 0.4) is 0 Å². The van der Waals surface area contributed by atoms with Gasteiger partial charge in [-0.2, -0.15) is 0 Å². The number of carbonyl (C=O) groups is 2. The highest BCUT2D eigenvalue weighted by Crippen LogP contribution is 2.18. The van der Waals surface area contributed by atoms with Crippen LogP contribution in [0.15, 0.2) is 42.6 Å². The summed E-state index contributed by atoms with van der Waals surface area (Å²) in [6, 6.07) is 9.79. The zero-order chi connectivity index (χ0) is 15.2. The number of aromatic carboxylic acids is 1. The Morgan fingerprint density at radius 1 is 1.14 bits per heavy atom. The highest BCUT2D eigenvalue weighted by Gasteiger charge is 2.13. The van der Waals surface area contributed by atoms with Crippen molar-refractivity contribution in [3.05, 3.63) is 53.9 Å². The number of rotatable bonds is 5. The van der Waals surface area contributed by atoms with Crippen molar-refractivity contribution in [1.29, 1.82) is 0 Å². The van der Waals surface area contributed by atoms with Gasteiger partial charge in [-0.25, -0.2) is 9.78 Å². The molecule has 0 fully saturated rings. The molecule has 0 radical (unpaired) electrons. The number of nitrogens with zero attached hydrogens (tertiary/aromatic N) is 1. The Bertz CT molecular complexity index is 670. The number of phenols is 1. The van der Waals surface area contributed by atoms with Gasteiger partial charge < -0.3 is 15.5 Å². The van der Waals surface area contributed by atoms with E-state index in [0.29, 0.717) is 12.0 Å². The molecule has 6 heteroatoms.